The number of carbonyl (C=O) groups is 1. The van der Waals surface area contributed by atoms with Crippen LogP contribution in [0, 0.1) is 25.2 Å². The average Bonchev–Trinajstić information content (AvgIpc) is 3.13. The molecule has 1 saturated heterocycles. The molecule has 0 saturated carbocycles. The summed E-state index contributed by atoms with van der Waals surface area (Å²) in [6, 6.07) is 1.96. The summed E-state index contributed by atoms with van der Waals surface area (Å²) >= 11 is 0. The quantitative estimate of drug-likeness (QED) is 0.834. The number of aromatic nitrogens is 4. The van der Waals surface area contributed by atoms with Crippen LogP contribution in [0.5, 0.6) is 5.88 Å². The van der Waals surface area contributed by atoms with Gasteiger partial charge < -0.3 is 9.64 Å². The molecule has 1 atom stereocenters. The number of carbonyl (C=O) groups excluding carboxylic acids is 1. The molecular weight excluding hydrogens is 308 g/mol. The van der Waals surface area contributed by atoms with Crippen LogP contribution in [0.15, 0.2) is 12.4 Å². The largest absolute Gasteiger partial charge is 0.470 e. The molecule has 0 N–H and O–H groups in total. The number of likely N-dealkylation sites (tertiary alicyclic amines) is 1. The standard InChI is InChI=1S/C16H18N6O2/c1-10-14(11(2)21(3)20-10)16(23)22-7-4-12(9-22)24-15-13(8-17)18-5-6-19-15/h5-6,12H,4,7,9H2,1-3H3/t12-/m0/s1. The van der Waals surface area contributed by atoms with E-state index in [1.54, 1.807) is 9.58 Å². The molecule has 3 rings (SSSR count). The molecule has 0 unspecified atom stereocenters. The second-order valence-electron chi connectivity index (χ2n) is 5.77. The molecule has 1 aliphatic heterocycles. The van der Waals surface area contributed by atoms with Crippen LogP contribution in [0.4, 0.5) is 0 Å². The third kappa shape index (κ3) is 2.80. The summed E-state index contributed by atoms with van der Waals surface area (Å²) in [6.45, 7) is 4.77. The fourth-order valence-corrected chi connectivity index (χ4v) is 2.90. The number of aryl methyl sites for hydroxylation is 2. The lowest BCUT2D eigenvalue weighted by Gasteiger charge is -2.17. The lowest BCUT2D eigenvalue weighted by molar-refractivity contribution is 0.0769. The normalized spacial score (nSPS) is 16.9. The van der Waals surface area contributed by atoms with Crippen LogP contribution >= 0.6 is 0 Å². The van der Waals surface area contributed by atoms with Crippen molar-refractivity contribution in [2.45, 2.75) is 26.4 Å². The van der Waals surface area contributed by atoms with Crippen LogP contribution in [-0.2, 0) is 7.05 Å². The summed E-state index contributed by atoms with van der Waals surface area (Å²) in [5.74, 6) is 0.178. The molecule has 0 bridgehead atoms. The fourth-order valence-electron chi connectivity index (χ4n) is 2.90. The lowest BCUT2D eigenvalue weighted by Crippen LogP contribution is -2.31. The summed E-state index contributed by atoms with van der Waals surface area (Å²) in [4.78, 5) is 22.5. The highest BCUT2D eigenvalue weighted by molar-refractivity contribution is 5.96. The van der Waals surface area contributed by atoms with E-state index in [1.807, 2.05) is 27.0 Å². The predicted octanol–water partition coefficient (Wildman–Crippen LogP) is 0.992. The van der Waals surface area contributed by atoms with E-state index < -0.39 is 0 Å². The lowest BCUT2D eigenvalue weighted by atomic mass is 10.2. The molecule has 0 aliphatic carbocycles. The number of nitrogens with zero attached hydrogens (tertiary/aromatic N) is 6. The number of rotatable bonds is 3. The van der Waals surface area contributed by atoms with E-state index in [9.17, 15) is 4.79 Å². The van der Waals surface area contributed by atoms with Gasteiger partial charge in [0.2, 0.25) is 5.69 Å². The molecule has 124 valence electrons. The molecule has 1 fully saturated rings. The van der Waals surface area contributed by atoms with Crippen molar-refractivity contribution in [2.75, 3.05) is 13.1 Å². The predicted molar refractivity (Wildman–Crippen MR) is 84.4 cm³/mol. The molecule has 0 spiro atoms. The van der Waals surface area contributed by atoms with Crippen LogP contribution in [0.25, 0.3) is 0 Å². The molecule has 8 heteroatoms. The second kappa shape index (κ2) is 6.28. The summed E-state index contributed by atoms with van der Waals surface area (Å²) in [7, 11) is 1.83. The number of nitriles is 1. The van der Waals surface area contributed by atoms with E-state index in [0.29, 0.717) is 25.1 Å². The Morgan fingerprint density at radius 1 is 1.38 bits per heavy atom. The minimum absolute atomic E-state index is 0.0381. The third-order valence-electron chi connectivity index (χ3n) is 4.20. The monoisotopic (exact) mass is 326 g/mol. The van der Waals surface area contributed by atoms with Gasteiger partial charge in [-0.05, 0) is 13.8 Å². The molecule has 2 aromatic rings. The summed E-state index contributed by atoms with van der Waals surface area (Å²) in [6.07, 6.45) is 3.42. The Morgan fingerprint density at radius 3 is 2.79 bits per heavy atom. The fraction of sp³-hybridized carbons (Fsp3) is 0.438. The van der Waals surface area contributed by atoms with Gasteiger partial charge in [-0.3, -0.25) is 9.48 Å². The smallest absolute Gasteiger partial charge is 0.257 e. The van der Waals surface area contributed by atoms with E-state index in [4.69, 9.17) is 10.00 Å². The van der Waals surface area contributed by atoms with Crippen molar-refractivity contribution in [3.8, 4) is 11.9 Å². The minimum Gasteiger partial charge on any atom is -0.470 e. The van der Waals surface area contributed by atoms with E-state index in [-0.39, 0.29) is 23.6 Å². The van der Waals surface area contributed by atoms with Gasteiger partial charge in [-0.25, -0.2) is 9.97 Å². The van der Waals surface area contributed by atoms with Crippen LogP contribution in [0.3, 0.4) is 0 Å². The highest BCUT2D eigenvalue weighted by atomic mass is 16.5. The maximum absolute atomic E-state index is 12.8. The van der Waals surface area contributed by atoms with Gasteiger partial charge in [-0.2, -0.15) is 10.4 Å². The number of hydrogen-bond donors (Lipinski definition) is 0. The Balaban J connectivity index is 1.71. The van der Waals surface area contributed by atoms with Crippen molar-refractivity contribution in [3.63, 3.8) is 0 Å². The van der Waals surface area contributed by atoms with E-state index in [2.05, 4.69) is 15.1 Å². The Bertz CT molecular complexity index is 822. The Labute approximate surface area is 139 Å². The van der Waals surface area contributed by atoms with Crippen molar-refractivity contribution in [3.05, 3.63) is 35.0 Å². The van der Waals surface area contributed by atoms with Crippen LogP contribution in [-0.4, -0.2) is 49.7 Å². The zero-order valence-corrected chi connectivity index (χ0v) is 13.9. The van der Waals surface area contributed by atoms with Gasteiger partial charge in [0.1, 0.15) is 12.2 Å². The van der Waals surface area contributed by atoms with Gasteiger partial charge >= 0.3 is 0 Å². The van der Waals surface area contributed by atoms with Gasteiger partial charge in [0.15, 0.2) is 0 Å². The van der Waals surface area contributed by atoms with Gasteiger partial charge in [-0.1, -0.05) is 0 Å². The summed E-state index contributed by atoms with van der Waals surface area (Å²) < 4.78 is 7.48. The van der Waals surface area contributed by atoms with Crippen molar-refractivity contribution in [1.29, 1.82) is 5.26 Å². The molecule has 0 aromatic carbocycles. The zero-order valence-electron chi connectivity index (χ0n) is 13.9. The van der Waals surface area contributed by atoms with E-state index >= 15 is 0 Å². The average molecular weight is 326 g/mol. The Hall–Kier alpha value is -2.95. The van der Waals surface area contributed by atoms with Crippen molar-refractivity contribution < 1.29 is 9.53 Å². The first kappa shape index (κ1) is 15.9. The van der Waals surface area contributed by atoms with Crippen molar-refractivity contribution >= 4 is 5.91 Å². The first-order valence-corrected chi connectivity index (χ1v) is 7.68. The first-order chi connectivity index (χ1) is 11.5. The van der Waals surface area contributed by atoms with E-state index in [0.717, 1.165) is 11.4 Å². The van der Waals surface area contributed by atoms with Gasteiger partial charge in [0.25, 0.3) is 11.8 Å². The number of hydrogen-bond acceptors (Lipinski definition) is 6. The SMILES string of the molecule is Cc1nn(C)c(C)c1C(=O)N1CC[C@H](Oc2nccnc2C#N)C1. The van der Waals surface area contributed by atoms with Crippen LogP contribution in [0.1, 0.15) is 33.9 Å². The Morgan fingerprint density at radius 2 is 2.12 bits per heavy atom. The Kier molecular flexibility index (Phi) is 4.16. The van der Waals surface area contributed by atoms with Crippen LogP contribution in [0.2, 0.25) is 0 Å². The maximum Gasteiger partial charge on any atom is 0.257 e. The van der Waals surface area contributed by atoms with Crippen LogP contribution < -0.4 is 4.74 Å². The highest BCUT2D eigenvalue weighted by Gasteiger charge is 2.31. The molecule has 8 nitrogen and oxygen atoms in total. The number of ether oxygens (including phenoxy) is 1. The van der Waals surface area contributed by atoms with Gasteiger partial charge in [0.05, 0.1) is 17.8 Å². The van der Waals surface area contributed by atoms with Gasteiger partial charge in [0, 0.05) is 38.1 Å². The topological polar surface area (TPSA) is 96.9 Å². The second-order valence-corrected chi connectivity index (χ2v) is 5.77. The number of amides is 1. The van der Waals surface area contributed by atoms with Gasteiger partial charge in [-0.15, -0.1) is 0 Å². The molecule has 0 radical (unpaired) electrons. The first-order valence-electron chi connectivity index (χ1n) is 7.68. The summed E-state index contributed by atoms with van der Waals surface area (Å²) in [5, 5.41) is 13.3. The molecular formula is C16H18N6O2. The maximum atomic E-state index is 12.8. The van der Waals surface area contributed by atoms with E-state index in [1.165, 1.54) is 12.4 Å². The van der Waals surface area contributed by atoms with Crippen molar-refractivity contribution in [2.24, 2.45) is 7.05 Å². The third-order valence-corrected chi connectivity index (χ3v) is 4.20. The minimum atomic E-state index is -0.199. The van der Waals surface area contributed by atoms with Crippen molar-refractivity contribution in [1.82, 2.24) is 24.6 Å². The molecule has 1 aliphatic rings. The summed E-state index contributed by atoms with van der Waals surface area (Å²) in [5.41, 5.74) is 2.38. The molecule has 3 heterocycles. The molecule has 2 aromatic heterocycles. The molecule has 24 heavy (non-hydrogen) atoms. The molecule has 1 amide bonds. The highest BCUT2D eigenvalue weighted by Crippen LogP contribution is 2.22. The zero-order chi connectivity index (χ0) is 17.3.